The second kappa shape index (κ2) is 14.1. The molecule has 0 spiro atoms. The smallest absolute Gasteiger partial charge is 0.422 e. The summed E-state index contributed by atoms with van der Waals surface area (Å²) < 4.78 is 60.1. The molecule has 2 amide bonds. The van der Waals surface area contributed by atoms with E-state index in [0.717, 1.165) is 31.8 Å². The van der Waals surface area contributed by atoms with Crippen molar-refractivity contribution in [2.75, 3.05) is 19.8 Å². The van der Waals surface area contributed by atoms with Gasteiger partial charge in [0.2, 0.25) is 11.8 Å². The number of aliphatic hydroxyl groups is 2. The summed E-state index contributed by atoms with van der Waals surface area (Å²) in [6.07, 6.45) is -1.21. The first-order valence-corrected chi connectivity index (χ1v) is 15.5. The van der Waals surface area contributed by atoms with Crippen molar-refractivity contribution < 1.29 is 61.5 Å². The molecule has 3 aliphatic carbocycles. The highest BCUT2D eigenvalue weighted by atomic mass is 19.4. The lowest BCUT2D eigenvalue weighted by atomic mass is 9.91. The van der Waals surface area contributed by atoms with E-state index in [-0.39, 0.29) is 42.5 Å². The number of nitrogens with one attached hydrogen (secondary N) is 2. The van der Waals surface area contributed by atoms with Crippen molar-refractivity contribution in [1.82, 2.24) is 10.6 Å². The lowest BCUT2D eigenvalue weighted by molar-refractivity contribution is -0.209. The Balaban J connectivity index is 1.33. The molecule has 1 aromatic rings. The Morgan fingerprint density at radius 3 is 2.45 bits per heavy atom. The monoisotopic (exact) mass is 666 g/mol. The molecule has 47 heavy (non-hydrogen) atoms. The summed E-state index contributed by atoms with van der Waals surface area (Å²) in [7, 11) is 0. The second-order valence-corrected chi connectivity index (χ2v) is 12.2. The summed E-state index contributed by atoms with van der Waals surface area (Å²) >= 11 is 0. The molecule has 1 saturated heterocycles. The number of amides is 2. The van der Waals surface area contributed by atoms with E-state index in [0.29, 0.717) is 5.56 Å². The van der Waals surface area contributed by atoms with Gasteiger partial charge in [0.25, 0.3) is 0 Å². The van der Waals surface area contributed by atoms with Crippen LogP contribution in [0.25, 0.3) is 6.08 Å². The van der Waals surface area contributed by atoms with Gasteiger partial charge in [0.15, 0.2) is 12.4 Å². The Bertz CT molecular complexity index is 1410. The first-order valence-electron chi connectivity index (χ1n) is 15.5. The molecule has 5 rings (SSSR count). The highest BCUT2D eigenvalue weighted by molar-refractivity contribution is 5.97. The number of alkyl halides is 3. The van der Waals surface area contributed by atoms with Gasteiger partial charge >= 0.3 is 18.1 Å². The minimum Gasteiger partial charge on any atom is -0.456 e. The van der Waals surface area contributed by atoms with E-state index in [9.17, 15) is 37.5 Å². The first kappa shape index (κ1) is 34.5. The van der Waals surface area contributed by atoms with Crippen LogP contribution >= 0.6 is 0 Å². The van der Waals surface area contributed by atoms with Crippen molar-refractivity contribution >= 4 is 29.8 Å². The zero-order valence-corrected chi connectivity index (χ0v) is 25.5. The number of hydrogen-bond acceptors (Lipinski definition) is 10. The third kappa shape index (κ3) is 8.58. The quantitative estimate of drug-likeness (QED) is 0.180. The standard InChI is InChI=1S/C32H37F3N2O10/c1-17(39)26(29(42)36-11-12-38)37-28(41)20-14-23(27-24(15-20)46-32(47-27,21-6-7-21)22-8-9-22)45-30(43)19-4-2-3-18(13-19)5-10-25(40)44-16-31(33,34)35/h2-5,10,13,15,17,21-24,26-27,38-39H,6-9,11-12,14,16H2,1H3,(H,36,42)(H,37,41). The van der Waals surface area contributed by atoms with Crippen molar-refractivity contribution in [3.8, 4) is 0 Å². The van der Waals surface area contributed by atoms with Crippen LogP contribution < -0.4 is 10.6 Å². The molecule has 3 fully saturated rings. The van der Waals surface area contributed by atoms with Gasteiger partial charge in [0, 0.05) is 36.5 Å². The van der Waals surface area contributed by atoms with Gasteiger partial charge in [0.1, 0.15) is 24.4 Å². The zero-order chi connectivity index (χ0) is 33.9. The first-order chi connectivity index (χ1) is 22.3. The Kier molecular flexibility index (Phi) is 10.4. The lowest BCUT2D eigenvalue weighted by Crippen LogP contribution is -2.54. The number of carbonyl (C=O) groups excluding carboxylic acids is 4. The van der Waals surface area contributed by atoms with E-state index in [4.69, 9.17) is 19.3 Å². The van der Waals surface area contributed by atoms with Crippen molar-refractivity contribution in [3.05, 3.63) is 53.1 Å². The third-order valence-corrected chi connectivity index (χ3v) is 8.33. The second-order valence-electron chi connectivity index (χ2n) is 12.2. The van der Waals surface area contributed by atoms with Crippen molar-refractivity contribution in [2.24, 2.45) is 11.8 Å². The van der Waals surface area contributed by atoms with Gasteiger partial charge < -0.3 is 39.8 Å². The Labute approximate surface area is 268 Å². The third-order valence-electron chi connectivity index (χ3n) is 8.33. The fraction of sp³-hybridized carbons (Fsp3) is 0.562. The lowest BCUT2D eigenvalue weighted by Gasteiger charge is -2.31. The van der Waals surface area contributed by atoms with Gasteiger partial charge in [-0.25, -0.2) is 9.59 Å². The molecule has 0 radical (unpaired) electrons. The minimum absolute atomic E-state index is 0.0669. The Morgan fingerprint density at radius 1 is 1.13 bits per heavy atom. The molecule has 12 nitrogen and oxygen atoms in total. The maximum Gasteiger partial charge on any atom is 0.422 e. The summed E-state index contributed by atoms with van der Waals surface area (Å²) in [5.41, 5.74) is 0.539. The van der Waals surface area contributed by atoms with Crippen LogP contribution in [0.1, 0.15) is 54.9 Å². The van der Waals surface area contributed by atoms with Crippen LogP contribution in [0.4, 0.5) is 13.2 Å². The van der Waals surface area contributed by atoms with E-state index in [1.807, 2.05) is 0 Å². The number of halogens is 3. The van der Waals surface area contributed by atoms with Gasteiger partial charge in [-0.05, 0) is 62.5 Å². The van der Waals surface area contributed by atoms with Crippen LogP contribution in [0.2, 0.25) is 0 Å². The molecule has 15 heteroatoms. The van der Waals surface area contributed by atoms with E-state index >= 15 is 0 Å². The molecule has 4 aliphatic rings. The maximum atomic E-state index is 13.4. The summed E-state index contributed by atoms with van der Waals surface area (Å²) in [5.74, 6) is -3.89. The number of ether oxygens (including phenoxy) is 4. The van der Waals surface area contributed by atoms with Gasteiger partial charge in [0.05, 0.1) is 18.3 Å². The number of rotatable bonds is 13. The highest BCUT2D eigenvalue weighted by Gasteiger charge is 2.64. The molecule has 1 aliphatic heterocycles. The van der Waals surface area contributed by atoms with Crippen LogP contribution in [-0.4, -0.2) is 96.1 Å². The van der Waals surface area contributed by atoms with Crippen LogP contribution in [0.15, 0.2) is 42.0 Å². The zero-order valence-electron chi connectivity index (χ0n) is 25.5. The van der Waals surface area contributed by atoms with Gasteiger partial charge in [-0.3, -0.25) is 9.59 Å². The SMILES string of the molecule is CC(O)C(NC(=O)C1=CC2OC(C3CC3)(C3CC3)OC2C(OC(=O)c2cccc(C=CC(=O)OCC(F)(F)F)c2)C1)C(=O)NCCO. The number of benzene rings is 1. The molecule has 4 N–H and O–H groups in total. The fourth-order valence-corrected chi connectivity index (χ4v) is 5.84. The van der Waals surface area contributed by atoms with E-state index in [1.165, 1.54) is 37.3 Å². The number of aliphatic hydroxyl groups excluding tert-OH is 2. The molecule has 5 atom stereocenters. The predicted molar refractivity (Wildman–Crippen MR) is 156 cm³/mol. The van der Waals surface area contributed by atoms with E-state index in [1.54, 1.807) is 6.08 Å². The number of fused-ring (bicyclic) bond motifs is 1. The number of esters is 2. The van der Waals surface area contributed by atoms with Gasteiger partial charge in [-0.15, -0.1) is 0 Å². The largest absolute Gasteiger partial charge is 0.456 e. The summed E-state index contributed by atoms with van der Waals surface area (Å²) in [6, 6.07) is 4.53. The molecule has 5 unspecified atom stereocenters. The van der Waals surface area contributed by atoms with Gasteiger partial charge in [-0.2, -0.15) is 13.2 Å². The van der Waals surface area contributed by atoms with E-state index < -0.39 is 72.8 Å². The number of hydrogen-bond donors (Lipinski definition) is 4. The molecule has 2 saturated carbocycles. The van der Waals surface area contributed by atoms with Crippen molar-refractivity contribution in [2.45, 2.75) is 81.4 Å². The Morgan fingerprint density at radius 2 is 1.83 bits per heavy atom. The summed E-state index contributed by atoms with van der Waals surface area (Å²) in [4.78, 5) is 51.1. The highest BCUT2D eigenvalue weighted by Crippen LogP contribution is 2.59. The van der Waals surface area contributed by atoms with Crippen LogP contribution in [0.3, 0.4) is 0 Å². The Hall–Kier alpha value is -3.79. The average Bonchev–Trinajstić information content (AvgIpc) is 3.97. The summed E-state index contributed by atoms with van der Waals surface area (Å²) in [6.45, 7) is -0.799. The molecule has 0 aromatic heterocycles. The molecule has 256 valence electrons. The molecule has 1 heterocycles. The van der Waals surface area contributed by atoms with Crippen molar-refractivity contribution in [3.63, 3.8) is 0 Å². The average molecular weight is 667 g/mol. The molecular formula is C32H37F3N2O10. The molecule has 1 aromatic carbocycles. The van der Waals surface area contributed by atoms with Crippen LogP contribution in [0.5, 0.6) is 0 Å². The summed E-state index contributed by atoms with van der Waals surface area (Å²) in [5, 5.41) is 24.2. The minimum atomic E-state index is -4.67. The van der Waals surface area contributed by atoms with Crippen molar-refractivity contribution in [1.29, 1.82) is 0 Å². The van der Waals surface area contributed by atoms with E-state index in [2.05, 4.69) is 15.4 Å². The normalized spacial score (nSPS) is 24.9. The fourth-order valence-electron chi connectivity index (χ4n) is 5.84. The van der Waals surface area contributed by atoms with Crippen LogP contribution in [0, 0.1) is 11.8 Å². The number of carbonyl (C=O) groups is 4. The molecular weight excluding hydrogens is 629 g/mol. The van der Waals surface area contributed by atoms with Crippen LogP contribution in [-0.2, 0) is 33.3 Å². The maximum absolute atomic E-state index is 13.4. The topological polar surface area (TPSA) is 170 Å². The van der Waals surface area contributed by atoms with Gasteiger partial charge in [-0.1, -0.05) is 12.1 Å². The predicted octanol–water partition coefficient (Wildman–Crippen LogP) is 1.94. The molecule has 0 bridgehead atoms.